The molecule has 3 aromatic heterocycles. The molecule has 26 heavy (non-hydrogen) atoms. The number of aryl methyl sites for hydroxylation is 1. The topological polar surface area (TPSA) is 74.8 Å². The molecule has 0 saturated carbocycles. The molecule has 0 bridgehead atoms. The van der Waals surface area contributed by atoms with E-state index >= 15 is 0 Å². The average molecular weight is 359 g/mol. The van der Waals surface area contributed by atoms with E-state index in [2.05, 4.69) is 20.2 Å². The van der Waals surface area contributed by atoms with Crippen molar-refractivity contribution in [3.63, 3.8) is 0 Å². The van der Waals surface area contributed by atoms with E-state index < -0.39 is 11.7 Å². The number of halogens is 3. The molecule has 3 aromatic rings. The third kappa shape index (κ3) is 2.61. The second kappa shape index (κ2) is 5.65. The molecule has 4 heterocycles. The third-order valence-electron chi connectivity index (χ3n) is 4.22. The Bertz CT molecular complexity index is 998. The molecule has 0 unspecified atom stereocenters. The van der Waals surface area contributed by atoms with Crippen LogP contribution in [0.5, 0.6) is 0 Å². The van der Waals surface area contributed by atoms with Gasteiger partial charge >= 0.3 is 6.18 Å². The summed E-state index contributed by atoms with van der Waals surface area (Å²) in [4.78, 5) is 22.2. The van der Waals surface area contributed by atoms with E-state index in [0.717, 1.165) is 12.3 Å². The maximum Gasteiger partial charge on any atom is 0.417 e. The minimum absolute atomic E-state index is 0.208. The number of amides is 1. The van der Waals surface area contributed by atoms with E-state index in [1.807, 2.05) is 0 Å². The zero-order valence-electron chi connectivity index (χ0n) is 13.5. The van der Waals surface area contributed by atoms with E-state index in [0.29, 0.717) is 28.2 Å². The van der Waals surface area contributed by atoms with Crippen LogP contribution < -0.4 is 4.90 Å². The van der Waals surface area contributed by atoms with E-state index in [4.69, 9.17) is 0 Å². The van der Waals surface area contributed by atoms with Crippen LogP contribution in [0.4, 0.5) is 18.9 Å². The van der Waals surface area contributed by atoms with Crippen molar-refractivity contribution >= 4 is 11.6 Å². The maximum atomic E-state index is 12.9. The SMILES string of the molecule is Cc1cc(-c2cncc(C(F)(F)F)c2)nc2c1C(=O)N(c1cn[nH]c1)C2. The summed E-state index contributed by atoms with van der Waals surface area (Å²) < 4.78 is 38.8. The van der Waals surface area contributed by atoms with Crippen LogP contribution >= 0.6 is 0 Å². The molecule has 0 radical (unpaired) electrons. The Balaban J connectivity index is 1.76. The van der Waals surface area contributed by atoms with E-state index in [1.54, 1.807) is 19.2 Å². The lowest BCUT2D eigenvalue weighted by Gasteiger charge is -2.11. The van der Waals surface area contributed by atoms with E-state index in [1.165, 1.54) is 17.3 Å². The van der Waals surface area contributed by atoms with Gasteiger partial charge in [-0.2, -0.15) is 18.3 Å². The number of fused-ring (bicyclic) bond motifs is 1. The molecular formula is C17H12F3N5O. The molecule has 0 aromatic carbocycles. The summed E-state index contributed by atoms with van der Waals surface area (Å²) in [5.41, 5.74) is 2.00. The van der Waals surface area contributed by atoms with Crippen LogP contribution in [0.2, 0.25) is 0 Å². The second-order valence-electron chi connectivity index (χ2n) is 5.95. The van der Waals surface area contributed by atoms with Gasteiger partial charge in [0, 0.05) is 24.2 Å². The molecule has 0 fully saturated rings. The molecule has 4 rings (SSSR count). The highest BCUT2D eigenvalue weighted by Crippen LogP contribution is 2.34. The summed E-state index contributed by atoms with van der Waals surface area (Å²) >= 11 is 0. The highest BCUT2D eigenvalue weighted by Gasteiger charge is 2.33. The van der Waals surface area contributed by atoms with Gasteiger partial charge in [-0.15, -0.1) is 0 Å². The Labute approximate surface area is 145 Å². The minimum Gasteiger partial charge on any atom is -0.299 e. The van der Waals surface area contributed by atoms with Crippen molar-refractivity contribution < 1.29 is 18.0 Å². The summed E-state index contributed by atoms with van der Waals surface area (Å²) in [6, 6.07) is 2.61. The number of aromatic nitrogens is 4. The molecule has 6 nitrogen and oxygen atoms in total. The van der Waals surface area contributed by atoms with E-state index in [-0.39, 0.29) is 18.0 Å². The van der Waals surface area contributed by atoms with E-state index in [9.17, 15) is 18.0 Å². The lowest BCUT2D eigenvalue weighted by Crippen LogP contribution is -2.22. The number of rotatable bonds is 2. The van der Waals surface area contributed by atoms with Gasteiger partial charge in [-0.1, -0.05) is 0 Å². The van der Waals surface area contributed by atoms with Crippen molar-refractivity contribution in [1.29, 1.82) is 0 Å². The van der Waals surface area contributed by atoms with Gasteiger partial charge in [0.2, 0.25) is 0 Å². The molecule has 9 heteroatoms. The predicted molar refractivity (Wildman–Crippen MR) is 86.3 cm³/mol. The van der Waals surface area contributed by atoms with Crippen LogP contribution in [0.25, 0.3) is 11.3 Å². The fraction of sp³-hybridized carbons (Fsp3) is 0.176. The Kier molecular flexibility index (Phi) is 3.53. The van der Waals surface area contributed by atoms with Crippen LogP contribution in [-0.2, 0) is 12.7 Å². The van der Waals surface area contributed by atoms with Gasteiger partial charge in [-0.3, -0.25) is 24.8 Å². The van der Waals surface area contributed by atoms with Gasteiger partial charge in [0.05, 0.1) is 40.9 Å². The number of nitrogens with zero attached hydrogens (tertiary/aromatic N) is 4. The number of anilines is 1. The van der Waals surface area contributed by atoms with Crippen LogP contribution in [0.15, 0.2) is 36.9 Å². The summed E-state index contributed by atoms with van der Waals surface area (Å²) in [5, 5.41) is 6.48. The van der Waals surface area contributed by atoms with Crippen LogP contribution in [-0.4, -0.2) is 26.1 Å². The quantitative estimate of drug-likeness (QED) is 0.761. The number of hydrogen-bond acceptors (Lipinski definition) is 4. The van der Waals surface area contributed by atoms with Crippen molar-refractivity contribution in [1.82, 2.24) is 20.2 Å². The fourth-order valence-corrected chi connectivity index (χ4v) is 2.98. The zero-order chi connectivity index (χ0) is 18.5. The van der Waals surface area contributed by atoms with Crippen LogP contribution in [0.3, 0.4) is 0 Å². The second-order valence-corrected chi connectivity index (χ2v) is 5.95. The predicted octanol–water partition coefficient (Wildman–Crippen LogP) is 3.35. The number of carbonyl (C=O) groups is 1. The Hall–Kier alpha value is -3.23. The molecular weight excluding hydrogens is 347 g/mol. The zero-order valence-corrected chi connectivity index (χ0v) is 13.5. The van der Waals surface area contributed by atoms with Crippen molar-refractivity contribution in [3.05, 3.63) is 59.3 Å². The number of hydrogen-bond donors (Lipinski definition) is 1. The summed E-state index contributed by atoms with van der Waals surface area (Å²) in [6.45, 7) is 1.97. The van der Waals surface area contributed by atoms with Crippen molar-refractivity contribution in [2.75, 3.05) is 4.90 Å². The number of nitrogens with one attached hydrogen (secondary N) is 1. The van der Waals surface area contributed by atoms with Gasteiger partial charge in [-0.05, 0) is 24.6 Å². The highest BCUT2D eigenvalue weighted by molar-refractivity contribution is 6.10. The summed E-state index contributed by atoms with van der Waals surface area (Å²) in [7, 11) is 0. The fourth-order valence-electron chi connectivity index (χ4n) is 2.98. The number of aromatic amines is 1. The Morgan fingerprint density at radius 3 is 2.69 bits per heavy atom. The highest BCUT2D eigenvalue weighted by atomic mass is 19.4. The maximum absolute atomic E-state index is 12.9. The number of carbonyl (C=O) groups excluding carboxylic acids is 1. The van der Waals surface area contributed by atoms with Crippen molar-refractivity contribution in [2.45, 2.75) is 19.6 Å². The first kappa shape index (κ1) is 16.2. The third-order valence-corrected chi connectivity index (χ3v) is 4.22. The molecule has 1 aliphatic rings. The lowest BCUT2D eigenvalue weighted by atomic mass is 10.0. The molecule has 0 spiro atoms. The van der Waals surface area contributed by atoms with Crippen LogP contribution in [0.1, 0.15) is 27.2 Å². The van der Waals surface area contributed by atoms with Gasteiger partial charge in [0.25, 0.3) is 5.91 Å². The monoisotopic (exact) mass is 359 g/mol. The Morgan fingerprint density at radius 2 is 2.00 bits per heavy atom. The van der Waals surface area contributed by atoms with Gasteiger partial charge in [0.15, 0.2) is 0 Å². The van der Waals surface area contributed by atoms with Crippen LogP contribution in [0, 0.1) is 6.92 Å². The average Bonchev–Trinajstić information content (AvgIpc) is 3.22. The summed E-state index contributed by atoms with van der Waals surface area (Å²) in [6.07, 6.45) is 0.734. The largest absolute Gasteiger partial charge is 0.417 e. The number of pyridine rings is 2. The number of H-pyrrole nitrogens is 1. The molecule has 1 aliphatic heterocycles. The number of alkyl halides is 3. The first-order valence-electron chi connectivity index (χ1n) is 7.68. The van der Waals surface area contributed by atoms with Gasteiger partial charge < -0.3 is 0 Å². The molecule has 0 aliphatic carbocycles. The first-order valence-corrected chi connectivity index (χ1v) is 7.68. The van der Waals surface area contributed by atoms with Crippen molar-refractivity contribution in [2.24, 2.45) is 0 Å². The lowest BCUT2D eigenvalue weighted by molar-refractivity contribution is -0.137. The van der Waals surface area contributed by atoms with Gasteiger partial charge in [0.1, 0.15) is 0 Å². The van der Waals surface area contributed by atoms with Crippen molar-refractivity contribution in [3.8, 4) is 11.3 Å². The molecule has 1 amide bonds. The molecule has 1 N–H and O–H groups in total. The molecule has 0 saturated heterocycles. The standard InChI is InChI=1S/C17H12F3N5O/c1-9-2-13(10-3-11(5-21-4-10)17(18,19)20)24-14-8-25(16(26)15(9)14)12-6-22-23-7-12/h2-7H,8H2,1H3,(H,22,23). The normalized spacial score (nSPS) is 14.0. The Morgan fingerprint density at radius 1 is 1.19 bits per heavy atom. The molecule has 132 valence electrons. The first-order chi connectivity index (χ1) is 12.3. The van der Waals surface area contributed by atoms with Gasteiger partial charge in [-0.25, -0.2) is 0 Å². The summed E-state index contributed by atoms with van der Waals surface area (Å²) in [5.74, 6) is -0.208. The minimum atomic E-state index is -4.48. The smallest absolute Gasteiger partial charge is 0.299 e. The molecule has 0 atom stereocenters.